The minimum atomic E-state index is -3.61. The summed E-state index contributed by atoms with van der Waals surface area (Å²) in [6.45, 7) is 2.97. The van der Waals surface area contributed by atoms with Crippen LogP contribution in [0.25, 0.3) is 0 Å². The highest BCUT2D eigenvalue weighted by Gasteiger charge is 2.35. The largest absolute Gasteiger partial charge is 0.492 e. The molecular weight excluding hydrogens is 328 g/mol. The first kappa shape index (κ1) is 16.7. The van der Waals surface area contributed by atoms with Crippen molar-refractivity contribution in [3.8, 4) is 11.6 Å². The Bertz CT molecular complexity index is 780. The van der Waals surface area contributed by atoms with Crippen molar-refractivity contribution in [3.05, 3.63) is 48.7 Å². The number of hydrogen-bond acceptors (Lipinski definition) is 5. The molecule has 1 aromatic carbocycles. The van der Waals surface area contributed by atoms with Crippen LogP contribution in [0.2, 0.25) is 0 Å². The summed E-state index contributed by atoms with van der Waals surface area (Å²) in [6, 6.07) is 12.1. The molecule has 1 unspecified atom stereocenters. The van der Waals surface area contributed by atoms with Crippen molar-refractivity contribution in [2.24, 2.45) is 0 Å². The van der Waals surface area contributed by atoms with Crippen LogP contribution in [0.3, 0.4) is 0 Å². The molecule has 0 bridgehead atoms. The number of aromatic nitrogens is 1. The maximum absolute atomic E-state index is 12.9. The van der Waals surface area contributed by atoms with Gasteiger partial charge in [-0.2, -0.15) is 4.31 Å². The Morgan fingerprint density at radius 1 is 1.21 bits per heavy atom. The molecule has 1 aliphatic heterocycles. The van der Waals surface area contributed by atoms with Crippen LogP contribution < -0.4 is 9.47 Å². The standard InChI is InChI=1S/C17H20N2O4S/c1-2-22-15-7-3-4-8-16(15)24(20,21)19-12-10-14(13-19)23-17-9-5-6-11-18-17/h3-9,11,14H,2,10,12-13H2,1H3. The second kappa shape index (κ2) is 7.19. The van der Waals surface area contributed by atoms with Crippen LogP contribution in [-0.2, 0) is 10.0 Å². The minimum absolute atomic E-state index is 0.199. The van der Waals surface area contributed by atoms with Crippen LogP contribution in [0.1, 0.15) is 13.3 Å². The first-order chi connectivity index (χ1) is 11.6. The molecule has 1 aromatic heterocycles. The van der Waals surface area contributed by atoms with Crippen molar-refractivity contribution < 1.29 is 17.9 Å². The first-order valence-corrected chi connectivity index (χ1v) is 9.35. The molecule has 0 radical (unpaired) electrons. The van der Waals surface area contributed by atoms with Crippen molar-refractivity contribution in [2.45, 2.75) is 24.3 Å². The summed E-state index contributed by atoms with van der Waals surface area (Å²) in [7, 11) is -3.61. The number of ether oxygens (including phenoxy) is 2. The second-order valence-electron chi connectivity index (χ2n) is 5.44. The van der Waals surface area contributed by atoms with Gasteiger partial charge in [0.1, 0.15) is 16.7 Å². The molecule has 24 heavy (non-hydrogen) atoms. The predicted octanol–water partition coefficient (Wildman–Crippen LogP) is 2.32. The summed E-state index contributed by atoms with van der Waals surface area (Å²) in [5.74, 6) is 0.894. The Kier molecular flexibility index (Phi) is 5.01. The third-order valence-electron chi connectivity index (χ3n) is 3.80. The van der Waals surface area contributed by atoms with E-state index in [0.717, 1.165) is 0 Å². The van der Waals surface area contributed by atoms with Crippen LogP contribution in [0.5, 0.6) is 11.6 Å². The predicted molar refractivity (Wildman–Crippen MR) is 89.6 cm³/mol. The number of benzene rings is 1. The van der Waals surface area contributed by atoms with Crippen LogP contribution in [0, 0.1) is 0 Å². The highest BCUT2D eigenvalue weighted by molar-refractivity contribution is 7.89. The molecule has 1 saturated heterocycles. The fraction of sp³-hybridized carbons (Fsp3) is 0.353. The number of rotatable bonds is 6. The molecule has 1 fully saturated rings. The zero-order valence-electron chi connectivity index (χ0n) is 13.5. The Labute approximate surface area is 142 Å². The van der Waals surface area contributed by atoms with Crippen molar-refractivity contribution in [1.82, 2.24) is 9.29 Å². The Hall–Kier alpha value is -2.12. The molecule has 7 heteroatoms. The van der Waals surface area contributed by atoms with E-state index in [4.69, 9.17) is 9.47 Å². The zero-order chi connectivity index (χ0) is 17.0. The second-order valence-corrected chi connectivity index (χ2v) is 7.35. The van der Waals surface area contributed by atoms with Gasteiger partial charge in [0.25, 0.3) is 0 Å². The van der Waals surface area contributed by atoms with Gasteiger partial charge in [0.15, 0.2) is 0 Å². The average Bonchev–Trinajstić information content (AvgIpc) is 3.06. The fourth-order valence-corrected chi connectivity index (χ4v) is 4.30. The summed E-state index contributed by atoms with van der Waals surface area (Å²) in [5.41, 5.74) is 0. The molecule has 3 rings (SSSR count). The van der Waals surface area contributed by atoms with Gasteiger partial charge in [0.2, 0.25) is 15.9 Å². The SMILES string of the molecule is CCOc1ccccc1S(=O)(=O)N1CCC(Oc2ccccn2)C1. The van der Waals surface area contributed by atoms with Crippen molar-refractivity contribution in [3.63, 3.8) is 0 Å². The monoisotopic (exact) mass is 348 g/mol. The van der Waals surface area contributed by atoms with Gasteiger partial charge in [-0.05, 0) is 31.5 Å². The van der Waals surface area contributed by atoms with Gasteiger partial charge in [0, 0.05) is 18.8 Å². The highest BCUT2D eigenvalue weighted by Crippen LogP contribution is 2.29. The van der Waals surface area contributed by atoms with Crippen LogP contribution in [0.15, 0.2) is 53.6 Å². The van der Waals surface area contributed by atoms with E-state index in [9.17, 15) is 8.42 Å². The van der Waals surface area contributed by atoms with Gasteiger partial charge in [-0.1, -0.05) is 18.2 Å². The van der Waals surface area contributed by atoms with E-state index in [0.29, 0.717) is 37.7 Å². The molecule has 0 aliphatic carbocycles. The molecule has 6 nitrogen and oxygen atoms in total. The summed E-state index contributed by atoms with van der Waals surface area (Å²) in [5, 5.41) is 0. The molecule has 1 aliphatic rings. The van der Waals surface area contributed by atoms with Gasteiger partial charge in [-0.15, -0.1) is 0 Å². The van der Waals surface area contributed by atoms with E-state index < -0.39 is 10.0 Å². The first-order valence-electron chi connectivity index (χ1n) is 7.91. The van der Waals surface area contributed by atoms with Crippen LogP contribution in [-0.4, -0.2) is 43.5 Å². The normalized spacial score (nSPS) is 18.5. The Morgan fingerprint density at radius 3 is 2.75 bits per heavy atom. The fourth-order valence-electron chi connectivity index (χ4n) is 2.68. The molecule has 0 N–H and O–H groups in total. The molecule has 1 atom stereocenters. The molecular formula is C17H20N2O4S. The lowest BCUT2D eigenvalue weighted by Crippen LogP contribution is -2.31. The van der Waals surface area contributed by atoms with E-state index >= 15 is 0 Å². The number of hydrogen-bond donors (Lipinski definition) is 0. The number of nitrogens with zero attached hydrogens (tertiary/aromatic N) is 2. The number of sulfonamides is 1. The van der Waals surface area contributed by atoms with Gasteiger partial charge >= 0.3 is 0 Å². The summed E-state index contributed by atoms with van der Waals surface area (Å²) in [6.07, 6.45) is 2.08. The summed E-state index contributed by atoms with van der Waals surface area (Å²) >= 11 is 0. The lowest BCUT2D eigenvalue weighted by atomic mass is 10.3. The van der Waals surface area contributed by atoms with Crippen molar-refractivity contribution in [2.75, 3.05) is 19.7 Å². The third-order valence-corrected chi connectivity index (χ3v) is 5.70. The Balaban J connectivity index is 1.75. The van der Waals surface area contributed by atoms with Gasteiger partial charge in [0.05, 0.1) is 13.2 Å². The zero-order valence-corrected chi connectivity index (χ0v) is 14.3. The molecule has 2 aromatic rings. The van der Waals surface area contributed by atoms with Crippen molar-refractivity contribution >= 4 is 10.0 Å². The number of pyridine rings is 1. The summed E-state index contributed by atoms with van der Waals surface area (Å²) in [4.78, 5) is 4.32. The smallest absolute Gasteiger partial charge is 0.246 e. The summed E-state index contributed by atoms with van der Waals surface area (Å²) < 4.78 is 38.5. The number of para-hydroxylation sites is 1. The Morgan fingerprint density at radius 2 is 2.00 bits per heavy atom. The lowest BCUT2D eigenvalue weighted by Gasteiger charge is -2.19. The van der Waals surface area contributed by atoms with Crippen molar-refractivity contribution in [1.29, 1.82) is 0 Å². The quantitative estimate of drug-likeness (QED) is 0.801. The van der Waals surface area contributed by atoms with Crippen LogP contribution >= 0.6 is 0 Å². The maximum Gasteiger partial charge on any atom is 0.246 e. The average molecular weight is 348 g/mol. The van der Waals surface area contributed by atoms with E-state index in [1.54, 1.807) is 36.5 Å². The maximum atomic E-state index is 12.9. The van der Waals surface area contributed by atoms with E-state index in [1.165, 1.54) is 4.31 Å². The molecule has 0 amide bonds. The lowest BCUT2D eigenvalue weighted by molar-refractivity contribution is 0.207. The molecule has 0 saturated carbocycles. The van der Waals surface area contributed by atoms with E-state index in [2.05, 4.69) is 4.98 Å². The van der Waals surface area contributed by atoms with Gasteiger partial charge < -0.3 is 9.47 Å². The molecule has 0 spiro atoms. The molecule has 2 heterocycles. The van der Waals surface area contributed by atoms with E-state index in [1.807, 2.05) is 19.1 Å². The van der Waals surface area contributed by atoms with Gasteiger partial charge in [-0.25, -0.2) is 13.4 Å². The van der Waals surface area contributed by atoms with E-state index in [-0.39, 0.29) is 11.0 Å². The van der Waals surface area contributed by atoms with Gasteiger partial charge in [-0.3, -0.25) is 0 Å². The topological polar surface area (TPSA) is 68.7 Å². The van der Waals surface area contributed by atoms with Crippen LogP contribution in [0.4, 0.5) is 0 Å². The minimum Gasteiger partial charge on any atom is -0.492 e. The molecule has 128 valence electrons. The highest BCUT2D eigenvalue weighted by atomic mass is 32.2. The third kappa shape index (κ3) is 3.52.